The van der Waals surface area contributed by atoms with E-state index in [1.54, 1.807) is 24.1 Å². The van der Waals surface area contributed by atoms with Crippen molar-refractivity contribution in [2.75, 3.05) is 26.8 Å². The van der Waals surface area contributed by atoms with Crippen LogP contribution in [0.4, 0.5) is 4.79 Å². The van der Waals surface area contributed by atoms with Crippen molar-refractivity contribution < 1.29 is 19.0 Å². The average Bonchev–Trinajstić information content (AvgIpc) is 2.85. The molecule has 122 valence electrons. The standard InChI is InChI=1S/C15H16ClN3O4/c1-9-7-19(15(20)23-9)3-4-22-13-5-10-11(6-12(13)21-2)17-8-18-14(10)16/h5-6,8-9H,3-4,7H2,1-2H3/t9-/m0/s1. The maximum absolute atomic E-state index is 11.6. The molecule has 1 aliphatic heterocycles. The van der Waals surface area contributed by atoms with Gasteiger partial charge >= 0.3 is 6.09 Å². The molecule has 0 radical (unpaired) electrons. The van der Waals surface area contributed by atoms with E-state index in [-0.39, 0.29) is 12.2 Å². The Morgan fingerprint density at radius 3 is 2.91 bits per heavy atom. The van der Waals surface area contributed by atoms with Crippen molar-refractivity contribution in [3.8, 4) is 11.5 Å². The molecule has 1 aliphatic rings. The van der Waals surface area contributed by atoms with Crippen molar-refractivity contribution in [3.05, 3.63) is 23.6 Å². The number of carbonyl (C=O) groups is 1. The summed E-state index contributed by atoms with van der Waals surface area (Å²) in [4.78, 5) is 21.3. The molecule has 7 nitrogen and oxygen atoms in total. The summed E-state index contributed by atoms with van der Waals surface area (Å²) >= 11 is 6.08. The first-order valence-corrected chi connectivity index (χ1v) is 7.53. The third kappa shape index (κ3) is 3.24. The predicted molar refractivity (Wildman–Crippen MR) is 84.1 cm³/mol. The van der Waals surface area contributed by atoms with E-state index < -0.39 is 0 Å². The van der Waals surface area contributed by atoms with E-state index in [2.05, 4.69) is 9.97 Å². The highest BCUT2D eigenvalue weighted by Crippen LogP contribution is 2.33. The Labute approximate surface area is 138 Å². The summed E-state index contributed by atoms with van der Waals surface area (Å²) in [5.74, 6) is 1.07. The quantitative estimate of drug-likeness (QED) is 0.780. The molecule has 2 heterocycles. The van der Waals surface area contributed by atoms with Crippen molar-refractivity contribution in [2.45, 2.75) is 13.0 Å². The van der Waals surface area contributed by atoms with Crippen LogP contribution in [0.3, 0.4) is 0 Å². The largest absolute Gasteiger partial charge is 0.493 e. The molecule has 23 heavy (non-hydrogen) atoms. The molecule has 0 spiro atoms. The monoisotopic (exact) mass is 337 g/mol. The van der Waals surface area contributed by atoms with Crippen LogP contribution in [0, 0.1) is 0 Å². The van der Waals surface area contributed by atoms with Gasteiger partial charge in [-0.15, -0.1) is 0 Å². The summed E-state index contributed by atoms with van der Waals surface area (Å²) in [5.41, 5.74) is 0.672. The SMILES string of the molecule is COc1cc2ncnc(Cl)c2cc1OCCN1C[C@H](C)OC1=O. The van der Waals surface area contributed by atoms with Gasteiger partial charge in [-0.05, 0) is 13.0 Å². The molecule has 1 aromatic heterocycles. The molecule has 8 heteroatoms. The number of halogens is 1. The maximum Gasteiger partial charge on any atom is 0.410 e. The molecule has 1 saturated heterocycles. The molecule has 0 saturated carbocycles. The maximum atomic E-state index is 11.6. The smallest absolute Gasteiger partial charge is 0.410 e. The first kappa shape index (κ1) is 15.6. The zero-order chi connectivity index (χ0) is 16.4. The highest BCUT2D eigenvalue weighted by Gasteiger charge is 2.27. The van der Waals surface area contributed by atoms with Crippen molar-refractivity contribution >= 4 is 28.6 Å². The van der Waals surface area contributed by atoms with Gasteiger partial charge in [0.05, 0.1) is 25.7 Å². The number of methoxy groups -OCH3 is 1. The Bertz CT molecular complexity index is 740. The van der Waals surface area contributed by atoms with Crippen LogP contribution in [0.25, 0.3) is 10.9 Å². The lowest BCUT2D eigenvalue weighted by Gasteiger charge is -2.15. The highest BCUT2D eigenvalue weighted by molar-refractivity contribution is 6.34. The Kier molecular flexibility index (Phi) is 4.38. The number of ether oxygens (including phenoxy) is 3. The van der Waals surface area contributed by atoms with Gasteiger partial charge in [-0.2, -0.15) is 0 Å². The Hall–Kier alpha value is -2.28. The third-order valence-corrected chi connectivity index (χ3v) is 3.83. The second-order valence-electron chi connectivity index (χ2n) is 5.17. The number of rotatable bonds is 5. The molecule has 0 unspecified atom stereocenters. The van der Waals surface area contributed by atoms with Gasteiger partial charge in [0, 0.05) is 11.5 Å². The van der Waals surface area contributed by atoms with Gasteiger partial charge < -0.3 is 19.1 Å². The van der Waals surface area contributed by atoms with Crippen molar-refractivity contribution in [3.63, 3.8) is 0 Å². The Morgan fingerprint density at radius 1 is 1.39 bits per heavy atom. The lowest BCUT2D eigenvalue weighted by atomic mass is 10.2. The minimum Gasteiger partial charge on any atom is -0.493 e. The first-order valence-electron chi connectivity index (χ1n) is 7.15. The molecule has 1 aromatic carbocycles. The van der Waals surface area contributed by atoms with Crippen LogP contribution >= 0.6 is 11.6 Å². The van der Waals surface area contributed by atoms with Gasteiger partial charge in [-0.1, -0.05) is 11.6 Å². The Balaban J connectivity index is 1.74. The van der Waals surface area contributed by atoms with Crippen LogP contribution in [0.2, 0.25) is 5.15 Å². The van der Waals surface area contributed by atoms with Crippen LogP contribution < -0.4 is 9.47 Å². The number of cyclic esters (lactones) is 1. The summed E-state index contributed by atoms with van der Waals surface area (Å²) in [6.45, 7) is 3.17. The van der Waals surface area contributed by atoms with Crippen LogP contribution in [-0.4, -0.2) is 53.9 Å². The van der Waals surface area contributed by atoms with Crippen molar-refractivity contribution in [1.29, 1.82) is 0 Å². The third-order valence-electron chi connectivity index (χ3n) is 3.53. The lowest BCUT2D eigenvalue weighted by Crippen LogP contribution is -2.29. The minimum absolute atomic E-state index is 0.0892. The number of benzene rings is 1. The highest BCUT2D eigenvalue weighted by atomic mass is 35.5. The second-order valence-corrected chi connectivity index (χ2v) is 5.53. The number of fused-ring (bicyclic) bond motifs is 1. The first-order chi connectivity index (χ1) is 11.1. The molecular weight excluding hydrogens is 322 g/mol. The van der Waals surface area contributed by atoms with Gasteiger partial charge in [0.1, 0.15) is 24.2 Å². The fourth-order valence-corrected chi connectivity index (χ4v) is 2.62. The summed E-state index contributed by atoms with van der Waals surface area (Å²) in [5, 5.41) is 1.03. The van der Waals surface area contributed by atoms with Crippen molar-refractivity contribution in [2.24, 2.45) is 0 Å². The van der Waals surface area contributed by atoms with Gasteiger partial charge in [0.15, 0.2) is 11.5 Å². The number of amides is 1. The fraction of sp³-hybridized carbons (Fsp3) is 0.400. The predicted octanol–water partition coefficient (Wildman–Crippen LogP) is 2.51. The molecule has 3 rings (SSSR count). The molecule has 1 amide bonds. The molecule has 1 fully saturated rings. The number of carbonyl (C=O) groups excluding carboxylic acids is 1. The zero-order valence-corrected chi connectivity index (χ0v) is 13.5. The van der Waals surface area contributed by atoms with Gasteiger partial charge in [0.25, 0.3) is 0 Å². The Morgan fingerprint density at radius 2 is 2.22 bits per heavy atom. The minimum atomic E-state index is -0.317. The van der Waals surface area contributed by atoms with Gasteiger partial charge in [-0.3, -0.25) is 0 Å². The summed E-state index contributed by atoms with van der Waals surface area (Å²) in [6.07, 6.45) is 0.988. The van der Waals surface area contributed by atoms with E-state index >= 15 is 0 Å². The van der Waals surface area contributed by atoms with Crippen LogP contribution in [0.5, 0.6) is 11.5 Å². The van der Waals surface area contributed by atoms with E-state index in [1.807, 2.05) is 6.92 Å². The molecular formula is C15H16ClN3O4. The van der Waals surface area contributed by atoms with Crippen LogP contribution in [0.15, 0.2) is 18.5 Å². The second kappa shape index (κ2) is 6.45. The normalized spacial score (nSPS) is 17.4. The zero-order valence-electron chi connectivity index (χ0n) is 12.8. The van der Waals surface area contributed by atoms with Gasteiger partial charge in [-0.25, -0.2) is 14.8 Å². The van der Waals surface area contributed by atoms with E-state index in [0.717, 1.165) is 0 Å². The van der Waals surface area contributed by atoms with E-state index in [4.69, 9.17) is 25.8 Å². The fourth-order valence-electron chi connectivity index (χ4n) is 2.42. The molecule has 0 N–H and O–H groups in total. The van der Waals surface area contributed by atoms with Crippen molar-refractivity contribution in [1.82, 2.24) is 14.9 Å². The van der Waals surface area contributed by atoms with E-state index in [0.29, 0.717) is 47.3 Å². The molecule has 0 bridgehead atoms. The number of nitrogens with zero attached hydrogens (tertiary/aromatic N) is 3. The summed E-state index contributed by atoms with van der Waals surface area (Å²) in [7, 11) is 1.55. The number of hydrogen-bond donors (Lipinski definition) is 0. The molecule has 1 atom stereocenters. The topological polar surface area (TPSA) is 73.8 Å². The average molecular weight is 338 g/mol. The van der Waals surface area contributed by atoms with Crippen LogP contribution in [-0.2, 0) is 4.74 Å². The van der Waals surface area contributed by atoms with Crippen LogP contribution in [0.1, 0.15) is 6.92 Å². The lowest BCUT2D eigenvalue weighted by molar-refractivity contribution is 0.135. The summed E-state index contributed by atoms with van der Waals surface area (Å²) < 4.78 is 16.1. The molecule has 0 aliphatic carbocycles. The number of aromatic nitrogens is 2. The summed E-state index contributed by atoms with van der Waals surface area (Å²) in [6, 6.07) is 3.48. The van der Waals surface area contributed by atoms with Gasteiger partial charge in [0.2, 0.25) is 0 Å². The van der Waals surface area contributed by atoms with E-state index in [9.17, 15) is 4.79 Å². The van der Waals surface area contributed by atoms with E-state index in [1.165, 1.54) is 6.33 Å². The molecule has 2 aromatic rings. The number of hydrogen-bond acceptors (Lipinski definition) is 6.